The SMILES string of the molecule is COc1cc2c(cc1O[Si](C)(C)C(C)(C)C)C1=CC(=O)C(=O)N1C(C)(C)C2. The third-order valence-corrected chi connectivity index (χ3v) is 10.3. The van der Waals surface area contributed by atoms with Crippen LogP contribution >= 0.6 is 0 Å². The largest absolute Gasteiger partial charge is 0.541 e. The van der Waals surface area contributed by atoms with Crippen LogP contribution in [0.3, 0.4) is 0 Å². The second-order valence-corrected chi connectivity index (χ2v) is 14.3. The molecule has 0 fully saturated rings. The smallest absolute Gasteiger partial charge is 0.299 e. The first-order valence-corrected chi connectivity index (χ1v) is 12.2. The van der Waals surface area contributed by atoms with Gasteiger partial charge in [0.25, 0.3) is 14.2 Å². The van der Waals surface area contributed by atoms with E-state index in [0.717, 1.165) is 11.1 Å². The fourth-order valence-corrected chi connectivity index (χ4v) is 4.48. The first kappa shape index (κ1) is 19.7. The van der Waals surface area contributed by atoms with Crippen LogP contribution in [0.15, 0.2) is 18.2 Å². The molecule has 0 unspecified atom stereocenters. The average Bonchev–Trinajstić information content (AvgIpc) is 2.82. The van der Waals surface area contributed by atoms with Gasteiger partial charge in [-0.1, -0.05) is 20.8 Å². The Morgan fingerprint density at radius 3 is 2.30 bits per heavy atom. The Bertz CT molecular complexity index is 862. The molecule has 2 heterocycles. The van der Waals surface area contributed by atoms with Gasteiger partial charge in [-0.15, -0.1) is 0 Å². The molecule has 0 bridgehead atoms. The molecule has 0 atom stereocenters. The number of amides is 1. The molecule has 0 radical (unpaired) electrons. The van der Waals surface area contributed by atoms with Crippen LogP contribution in [0.4, 0.5) is 0 Å². The van der Waals surface area contributed by atoms with Crippen LogP contribution in [0.1, 0.15) is 45.7 Å². The van der Waals surface area contributed by atoms with Crippen LogP contribution in [-0.2, 0) is 16.0 Å². The molecule has 0 N–H and O–H groups in total. The zero-order chi connectivity index (χ0) is 20.4. The van der Waals surface area contributed by atoms with Crippen LogP contribution in [0, 0.1) is 0 Å². The molecule has 0 spiro atoms. The van der Waals surface area contributed by atoms with Crippen molar-refractivity contribution in [3.05, 3.63) is 29.3 Å². The first-order valence-electron chi connectivity index (χ1n) is 9.29. The van der Waals surface area contributed by atoms with Crippen LogP contribution in [-0.4, -0.2) is 37.6 Å². The standard InChI is InChI=1S/C21H29NO4Si/c1-20(2,3)27(7,8)26-18-10-14-13(9-17(18)25-6)12-21(4,5)22-15(14)11-16(23)19(22)24/h9-11H,12H2,1-8H3. The van der Waals surface area contributed by atoms with E-state index in [1.54, 1.807) is 12.0 Å². The quantitative estimate of drug-likeness (QED) is 0.577. The number of fused-ring (bicyclic) bond motifs is 3. The number of nitrogens with zero attached hydrogens (tertiary/aromatic N) is 1. The molecule has 2 aliphatic heterocycles. The number of carbonyl (C=O) groups excluding carboxylic acids is 2. The molecule has 6 heteroatoms. The summed E-state index contributed by atoms with van der Waals surface area (Å²) in [5.74, 6) is 0.450. The van der Waals surface area contributed by atoms with Gasteiger partial charge in [0.2, 0.25) is 5.78 Å². The van der Waals surface area contributed by atoms with Gasteiger partial charge in [-0.05, 0) is 56.1 Å². The molecule has 146 valence electrons. The van der Waals surface area contributed by atoms with E-state index < -0.39 is 25.5 Å². The molecule has 5 nitrogen and oxygen atoms in total. The summed E-state index contributed by atoms with van der Waals surface area (Å²) in [7, 11) is -0.433. The summed E-state index contributed by atoms with van der Waals surface area (Å²) < 4.78 is 12.1. The lowest BCUT2D eigenvalue weighted by molar-refractivity contribution is -0.141. The van der Waals surface area contributed by atoms with Crippen molar-refractivity contribution < 1.29 is 18.8 Å². The van der Waals surface area contributed by atoms with Crippen molar-refractivity contribution in [2.45, 2.75) is 64.7 Å². The van der Waals surface area contributed by atoms with Gasteiger partial charge in [0, 0.05) is 17.2 Å². The van der Waals surface area contributed by atoms with E-state index >= 15 is 0 Å². The maximum absolute atomic E-state index is 12.4. The predicted octanol–water partition coefficient (Wildman–Crippen LogP) is 4.17. The van der Waals surface area contributed by atoms with Crippen molar-refractivity contribution in [1.29, 1.82) is 0 Å². The van der Waals surface area contributed by atoms with Crippen LogP contribution < -0.4 is 9.16 Å². The number of carbonyl (C=O) groups is 2. The minimum absolute atomic E-state index is 0.0422. The summed E-state index contributed by atoms with van der Waals surface area (Å²) in [4.78, 5) is 26.1. The zero-order valence-electron chi connectivity index (χ0n) is 17.5. The molecule has 0 saturated heterocycles. The van der Waals surface area contributed by atoms with Crippen molar-refractivity contribution in [2.75, 3.05) is 7.11 Å². The fourth-order valence-electron chi connectivity index (χ4n) is 3.47. The molecule has 2 aliphatic rings. The first-order chi connectivity index (χ1) is 12.3. The van der Waals surface area contributed by atoms with E-state index in [1.807, 2.05) is 26.0 Å². The molecular weight excluding hydrogens is 358 g/mol. The normalized spacial score (nSPS) is 18.8. The Balaban J connectivity index is 2.14. The lowest BCUT2D eigenvalue weighted by Crippen LogP contribution is -2.49. The number of ether oxygens (including phenoxy) is 1. The zero-order valence-corrected chi connectivity index (χ0v) is 18.5. The number of ketones is 1. The molecule has 1 aromatic carbocycles. The number of benzene rings is 1. The van der Waals surface area contributed by atoms with E-state index in [0.29, 0.717) is 23.6 Å². The lowest BCUT2D eigenvalue weighted by atomic mass is 9.84. The van der Waals surface area contributed by atoms with Gasteiger partial charge >= 0.3 is 0 Å². The molecule has 0 aromatic heterocycles. The molecule has 1 amide bonds. The molecule has 0 aliphatic carbocycles. The fraction of sp³-hybridized carbons (Fsp3) is 0.524. The third-order valence-electron chi connectivity index (χ3n) is 5.99. The highest BCUT2D eigenvalue weighted by Crippen LogP contribution is 2.46. The highest BCUT2D eigenvalue weighted by Gasteiger charge is 2.46. The Kier molecular flexibility index (Phi) is 4.34. The Morgan fingerprint density at radius 2 is 1.74 bits per heavy atom. The number of hydrogen-bond acceptors (Lipinski definition) is 4. The molecule has 0 saturated carbocycles. The van der Waals surface area contributed by atoms with Crippen LogP contribution in [0.25, 0.3) is 5.70 Å². The number of rotatable bonds is 3. The summed E-state index contributed by atoms with van der Waals surface area (Å²) in [5.41, 5.74) is 2.14. The van der Waals surface area contributed by atoms with Crippen LogP contribution in [0.2, 0.25) is 18.1 Å². The summed E-state index contributed by atoms with van der Waals surface area (Å²) >= 11 is 0. The third kappa shape index (κ3) is 3.10. The Labute approximate surface area is 162 Å². The van der Waals surface area contributed by atoms with E-state index in [-0.39, 0.29) is 5.04 Å². The van der Waals surface area contributed by atoms with Crippen molar-refractivity contribution in [3.8, 4) is 11.5 Å². The second-order valence-electron chi connectivity index (χ2n) is 9.55. The minimum atomic E-state index is -2.07. The highest BCUT2D eigenvalue weighted by molar-refractivity contribution is 6.74. The lowest BCUT2D eigenvalue weighted by Gasteiger charge is -2.42. The summed E-state index contributed by atoms with van der Waals surface area (Å²) in [6.07, 6.45) is 2.10. The summed E-state index contributed by atoms with van der Waals surface area (Å²) in [6, 6.07) is 3.93. The van der Waals surface area contributed by atoms with Crippen molar-refractivity contribution in [1.82, 2.24) is 4.90 Å². The maximum Gasteiger partial charge on any atom is 0.299 e. The van der Waals surface area contributed by atoms with Gasteiger partial charge in [-0.25, -0.2) is 0 Å². The van der Waals surface area contributed by atoms with E-state index in [1.165, 1.54) is 6.08 Å². The topological polar surface area (TPSA) is 55.8 Å². The summed E-state index contributed by atoms with van der Waals surface area (Å²) in [6.45, 7) is 14.9. The Hall–Kier alpha value is -2.08. The van der Waals surface area contributed by atoms with Crippen molar-refractivity contribution in [2.24, 2.45) is 0 Å². The molecule has 3 rings (SSSR count). The highest BCUT2D eigenvalue weighted by atomic mass is 28.4. The predicted molar refractivity (Wildman–Crippen MR) is 108 cm³/mol. The minimum Gasteiger partial charge on any atom is -0.541 e. The van der Waals surface area contributed by atoms with E-state index in [2.05, 4.69) is 33.9 Å². The van der Waals surface area contributed by atoms with Crippen molar-refractivity contribution in [3.63, 3.8) is 0 Å². The number of hydrogen-bond donors (Lipinski definition) is 0. The van der Waals surface area contributed by atoms with Gasteiger partial charge in [-0.2, -0.15) is 0 Å². The molecular formula is C21H29NO4Si. The molecule has 1 aromatic rings. The average molecular weight is 388 g/mol. The monoisotopic (exact) mass is 387 g/mol. The summed E-state index contributed by atoms with van der Waals surface area (Å²) in [5, 5.41) is 0.0422. The van der Waals surface area contributed by atoms with Gasteiger partial charge in [-0.3, -0.25) is 14.5 Å². The van der Waals surface area contributed by atoms with Gasteiger partial charge < -0.3 is 9.16 Å². The van der Waals surface area contributed by atoms with E-state index in [9.17, 15) is 9.59 Å². The maximum atomic E-state index is 12.4. The number of methoxy groups -OCH3 is 1. The van der Waals surface area contributed by atoms with Gasteiger partial charge in [0.05, 0.1) is 12.8 Å². The molecule has 27 heavy (non-hydrogen) atoms. The Morgan fingerprint density at radius 1 is 1.11 bits per heavy atom. The van der Waals surface area contributed by atoms with Gasteiger partial charge in [0.1, 0.15) is 5.75 Å². The van der Waals surface area contributed by atoms with Crippen molar-refractivity contribution >= 4 is 25.7 Å². The van der Waals surface area contributed by atoms with Gasteiger partial charge in [0.15, 0.2) is 5.75 Å². The van der Waals surface area contributed by atoms with E-state index in [4.69, 9.17) is 9.16 Å². The van der Waals surface area contributed by atoms with Crippen LogP contribution in [0.5, 0.6) is 11.5 Å². The second kappa shape index (κ2) is 5.96.